The molecule has 1 aliphatic rings. The summed E-state index contributed by atoms with van der Waals surface area (Å²) in [5.41, 5.74) is 1.60. The topological polar surface area (TPSA) is 59.5 Å². The number of aromatic nitrogens is 1. The van der Waals surface area contributed by atoms with Crippen molar-refractivity contribution in [2.45, 2.75) is 39.2 Å². The summed E-state index contributed by atoms with van der Waals surface area (Å²) in [6.07, 6.45) is 3.17. The highest BCUT2D eigenvalue weighted by atomic mass is 32.1. The van der Waals surface area contributed by atoms with Crippen molar-refractivity contribution < 1.29 is 14.3 Å². The predicted octanol–water partition coefficient (Wildman–Crippen LogP) is 3.68. The molecule has 0 unspecified atom stereocenters. The number of carbonyl (C=O) groups excluding carboxylic acids is 2. The van der Waals surface area contributed by atoms with Gasteiger partial charge in [-0.3, -0.25) is 4.79 Å². The minimum Gasteiger partial charge on any atom is -0.451 e. The summed E-state index contributed by atoms with van der Waals surface area (Å²) in [6, 6.07) is 9.93. The van der Waals surface area contributed by atoms with Crippen LogP contribution in [0.2, 0.25) is 0 Å². The van der Waals surface area contributed by atoms with Gasteiger partial charge in [0.15, 0.2) is 6.61 Å². The van der Waals surface area contributed by atoms with E-state index in [1.165, 1.54) is 11.3 Å². The highest BCUT2D eigenvalue weighted by Gasteiger charge is 2.25. The Morgan fingerprint density at radius 2 is 2.04 bits per heavy atom. The molecule has 1 amide bonds. The van der Waals surface area contributed by atoms with Gasteiger partial charge in [0, 0.05) is 18.2 Å². The third-order valence-electron chi connectivity index (χ3n) is 4.45. The van der Waals surface area contributed by atoms with Gasteiger partial charge < -0.3 is 9.64 Å². The molecule has 0 bridgehead atoms. The van der Waals surface area contributed by atoms with Gasteiger partial charge in [-0.25, -0.2) is 9.78 Å². The van der Waals surface area contributed by atoms with Gasteiger partial charge in [0.25, 0.3) is 5.91 Å². The molecule has 6 heteroatoms. The van der Waals surface area contributed by atoms with E-state index in [-0.39, 0.29) is 18.6 Å². The molecule has 1 aliphatic heterocycles. The first kappa shape index (κ1) is 17.6. The standard InChI is InChI=1S/C19H22N2O3S/c1-13-8-6-7-11-21(13)16(22)12-24-19(23)17-14(2)20-18(25-17)15-9-4-3-5-10-15/h3-5,9-10,13H,6-8,11-12H2,1-2H3/t13-/m0/s1. The van der Waals surface area contributed by atoms with Crippen molar-refractivity contribution in [3.05, 3.63) is 40.9 Å². The second kappa shape index (κ2) is 7.78. The number of aryl methyl sites for hydroxylation is 1. The third kappa shape index (κ3) is 4.07. The molecule has 0 saturated carbocycles. The largest absolute Gasteiger partial charge is 0.451 e. The normalized spacial score (nSPS) is 17.4. The highest BCUT2D eigenvalue weighted by molar-refractivity contribution is 7.17. The van der Waals surface area contributed by atoms with E-state index < -0.39 is 5.97 Å². The van der Waals surface area contributed by atoms with Crippen LogP contribution < -0.4 is 0 Å². The molecule has 0 N–H and O–H groups in total. The van der Waals surface area contributed by atoms with Gasteiger partial charge in [0.05, 0.1) is 5.69 Å². The second-order valence-electron chi connectivity index (χ2n) is 6.31. The number of amides is 1. The predicted molar refractivity (Wildman–Crippen MR) is 97.6 cm³/mol. The van der Waals surface area contributed by atoms with E-state index >= 15 is 0 Å². The molecule has 1 atom stereocenters. The number of hydrogen-bond donors (Lipinski definition) is 0. The first-order chi connectivity index (χ1) is 12.1. The molecule has 1 saturated heterocycles. The smallest absolute Gasteiger partial charge is 0.350 e. The van der Waals surface area contributed by atoms with Gasteiger partial charge in [-0.1, -0.05) is 30.3 Å². The molecular formula is C19H22N2O3S. The monoisotopic (exact) mass is 358 g/mol. The lowest BCUT2D eigenvalue weighted by Gasteiger charge is -2.33. The molecule has 5 nitrogen and oxygen atoms in total. The zero-order chi connectivity index (χ0) is 17.8. The molecule has 25 heavy (non-hydrogen) atoms. The Morgan fingerprint density at radius 1 is 1.28 bits per heavy atom. The van der Waals surface area contributed by atoms with Gasteiger partial charge in [0.1, 0.15) is 9.88 Å². The number of carbonyl (C=O) groups is 2. The van der Waals surface area contributed by atoms with E-state index in [4.69, 9.17) is 4.74 Å². The summed E-state index contributed by atoms with van der Waals surface area (Å²) in [7, 11) is 0. The van der Waals surface area contributed by atoms with Crippen molar-refractivity contribution in [3.63, 3.8) is 0 Å². The maximum Gasteiger partial charge on any atom is 0.350 e. The maximum atomic E-state index is 12.4. The molecule has 2 aromatic rings. The number of thiazole rings is 1. The van der Waals surface area contributed by atoms with Crippen molar-refractivity contribution >= 4 is 23.2 Å². The van der Waals surface area contributed by atoms with Crippen LogP contribution in [0.4, 0.5) is 0 Å². The van der Waals surface area contributed by atoms with Gasteiger partial charge in [-0.2, -0.15) is 0 Å². The Hall–Kier alpha value is -2.21. The van der Waals surface area contributed by atoms with Crippen molar-refractivity contribution in [2.24, 2.45) is 0 Å². The lowest BCUT2D eigenvalue weighted by Crippen LogP contribution is -2.44. The van der Waals surface area contributed by atoms with E-state index in [1.54, 1.807) is 6.92 Å². The van der Waals surface area contributed by atoms with Crippen molar-refractivity contribution in [3.8, 4) is 10.6 Å². The lowest BCUT2D eigenvalue weighted by atomic mass is 10.0. The van der Waals surface area contributed by atoms with Crippen LogP contribution in [0.15, 0.2) is 30.3 Å². The summed E-state index contributed by atoms with van der Waals surface area (Å²) in [6.45, 7) is 4.36. The molecule has 3 rings (SSSR count). The van der Waals surface area contributed by atoms with Crippen molar-refractivity contribution in [2.75, 3.05) is 13.2 Å². The number of nitrogens with zero attached hydrogens (tertiary/aromatic N) is 2. The first-order valence-electron chi connectivity index (χ1n) is 8.55. The number of piperidine rings is 1. The summed E-state index contributed by atoms with van der Waals surface area (Å²) in [5, 5.41) is 0.779. The summed E-state index contributed by atoms with van der Waals surface area (Å²) in [4.78, 5) is 31.4. The highest BCUT2D eigenvalue weighted by Crippen LogP contribution is 2.28. The average molecular weight is 358 g/mol. The van der Waals surface area contributed by atoms with E-state index in [1.807, 2.05) is 42.2 Å². The molecule has 132 valence electrons. The fraction of sp³-hybridized carbons (Fsp3) is 0.421. The Kier molecular flexibility index (Phi) is 5.48. The van der Waals surface area contributed by atoms with Crippen LogP contribution in [0.25, 0.3) is 10.6 Å². The number of likely N-dealkylation sites (tertiary alicyclic amines) is 1. The van der Waals surface area contributed by atoms with Gasteiger partial charge in [-0.15, -0.1) is 11.3 Å². The van der Waals surface area contributed by atoms with Crippen LogP contribution in [0.3, 0.4) is 0 Å². The zero-order valence-electron chi connectivity index (χ0n) is 14.5. The molecule has 1 fully saturated rings. The lowest BCUT2D eigenvalue weighted by molar-refractivity contribution is -0.137. The molecule has 0 aliphatic carbocycles. The fourth-order valence-corrected chi connectivity index (χ4v) is 4.00. The average Bonchev–Trinajstić information content (AvgIpc) is 3.02. The number of ether oxygens (including phenoxy) is 1. The molecule has 0 spiro atoms. The van der Waals surface area contributed by atoms with Crippen LogP contribution >= 0.6 is 11.3 Å². The van der Waals surface area contributed by atoms with Crippen molar-refractivity contribution in [1.29, 1.82) is 0 Å². The van der Waals surface area contributed by atoms with Crippen LogP contribution in [0.5, 0.6) is 0 Å². The van der Waals surface area contributed by atoms with Crippen LogP contribution in [-0.2, 0) is 9.53 Å². The van der Waals surface area contributed by atoms with E-state index in [0.717, 1.165) is 36.4 Å². The molecular weight excluding hydrogens is 336 g/mol. The Bertz CT molecular complexity index is 757. The minimum absolute atomic E-state index is 0.119. The number of esters is 1. The van der Waals surface area contributed by atoms with Crippen LogP contribution in [0.1, 0.15) is 41.6 Å². The van der Waals surface area contributed by atoms with Crippen LogP contribution in [-0.4, -0.2) is 41.0 Å². The van der Waals surface area contributed by atoms with E-state index in [0.29, 0.717) is 10.6 Å². The Morgan fingerprint density at radius 3 is 2.76 bits per heavy atom. The SMILES string of the molecule is Cc1nc(-c2ccccc2)sc1C(=O)OCC(=O)N1CCCC[C@@H]1C. The third-order valence-corrected chi connectivity index (χ3v) is 5.64. The van der Waals surface area contributed by atoms with Gasteiger partial charge >= 0.3 is 5.97 Å². The zero-order valence-corrected chi connectivity index (χ0v) is 15.3. The first-order valence-corrected chi connectivity index (χ1v) is 9.37. The van der Waals surface area contributed by atoms with Gasteiger partial charge in [0.2, 0.25) is 0 Å². The Labute approximate surface area is 151 Å². The molecule has 1 aromatic heterocycles. The second-order valence-corrected chi connectivity index (χ2v) is 7.31. The van der Waals surface area contributed by atoms with E-state index in [9.17, 15) is 9.59 Å². The molecule has 2 heterocycles. The molecule has 1 aromatic carbocycles. The summed E-state index contributed by atoms with van der Waals surface area (Å²) >= 11 is 1.30. The summed E-state index contributed by atoms with van der Waals surface area (Å²) in [5.74, 6) is -0.596. The summed E-state index contributed by atoms with van der Waals surface area (Å²) < 4.78 is 5.26. The fourth-order valence-electron chi connectivity index (χ4n) is 3.03. The minimum atomic E-state index is -0.477. The molecule has 0 radical (unpaired) electrons. The quantitative estimate of drug-likeness (QED) is 0.783. The maximum absolute atomic E-state index is 12.4. The van der Waals surface area contributed by atoms with Gasteiger partial charge in [-0.05, 0) is 33.1 Å². The van der Waals surface area contributed by atoms with Crippen LogP contribution in [0, 0.1) is 6.92 Å². The van der Waals surface area contributed by atoms with Crippen molar-refractivity contribution in [1.82, 2.24) is 9.88 Å². The Balaban J connectivity index is 1.64. The number of hydrogen-bond acceptors (Lipinski definition) is 5. The number of rotatable bonds is 4. The number of benzene rings is 1. The van der Waals surface area contributed by atoms with E-state index in [2.05, 4.69) is 4.98 Å².